The number of aromatic nitrogens is 2. The zero-order valence-corrected chi connectivity index (χ0v) is 11.5. The van der Waals surface area contributed by atoms with Crippen LogP contribution in [0.5, 0.6) is 0 Å². The first kappa shape index (κ1) is 15.5. The molecule has 19 heavy (non-hydrogen) atoms. The summed E-state index contributed by atoms with van der Waals surface area (Å²) in [6.07, 6.45) is 0.685. The van der Waals surface area contributed by atoms with Gasteiger partial charge in [-0.25, -0.2) is 0 Å². The summed E-state index contributed by atoms with van der Waals surface area (Å²) in [5.74, 6) is -0.220. The fraction of sp³-hybridized carbons (Fsp3) is 0.667. The summed E-state index contributed by atoms with van der Waals surface area (Å²) in [7, 11) is 0. The number of nitrogen functional groups attached to an aromatic ring is 1. The number of aryl methyl sites for hydroxylation is 2. The van der Waals surface area contributed by atoms with Crippen LogP contribution in [0.15, 0.2) is 0 Å². The molecule has 0 bridgehead atoms. The molecule has 0 fully saturated rings. The van der Waals surface area contributed by atoms with Crippen LogP contribution in [0.1, 0.15) is 29.5 Å². The molecule has 7 nitrogen and oxygen atoms in total. The van der Waals surface area contributed by atoms with Crippen LogP contribution in [-0.2, 0) is 11.3 Å². The van der Waals surface area contributed by atoms with E-state index in [1.54, 1.807) is 11.6 Å². The molecule has 1 heterocycles. The Morgan fingerprint density at radius 1 is 1.53 bits per heavy atom. The number of nitrogens with zero attached hydrogens (tertiary/aromatic N) is 2. The van der Waals surface area contributed by atoms with Crippen LogP contribution in [0.4, 0.5) is 5.69 Å². The minimum absolute atomic E-state index is 0.0118. The van der Waals surface area contributed by atoms with E-state index in [-0.39, 0.29) is 12.5 Å². The molecular formula is C12H22N4O3. The van der Waals surface area contributed by atoms with Gasteiger partial charge in [-0.3, -0.25) is 9.48 Å². The quantitative estimate of drug-likeness (QED) is 0.573. The summed E-state index contributed by atoms with van der Waals surface area (Å²) < 4.78 is 6.70. The van der Waals surface area contributed by atoms with Gasteiger partial charge in [0.2, 0.25) is 0 Å². The van der Waals surface area contributed by atoms with E-state index in [4.69, 9.17) is 15.6 Å². The monoisotopic (exact) mass is 270 g/mol. The van der Waals surface area contributed by atoms with E-state index in [1.165, 1.54) is 0 Å². The summed E-state index contributed by atoms with van der Waals surface area (Å²) in [4.78, 5) is 12.0. The topological polar surface area (TPSA) is 102 Å². The predicted octanol–water partition coefficient (Wildman–Crippen LogP) is -0.0776. The van der Waals surface area contributed by atoms with Crippen LogP contribution in [0.3, 0.4) is 0 Å². The maximum absolute atomic E-state index is 12.0. The molecule has 0 aliphatic carbocycles. The lowest BCUT2D eigenvalue weighted by molar-refractivity contribution is 0.0864. The number of ether oxygens (including phenoxy) is 1. The van der Waals surface area contributed by atoms with Gasteiger partial charge in [0.15, 0.2) is 0 Å². The van der Waals surface area contributed by atoms with E-state index in [0.29, 0.717) is 49.8 Å². The van der Waals surface area contributed by atoms with Crippen LogP contribution >= 0.6 is 0 Å². The summed E-state index contributed by atoms with van der Waals surface area (Å²) in [6.45, 7) is 5.62. The van der Waals surface area contributed by atoms with Gasteiger partial charge in [0, 0.05) is 19.7 Å². The van der Waals surface area contributed by atoms with Crippen LogP contribution in [0, 0.1) is 6.92 Å². The molecule has 0 radical (unpaired) electrons. The average molecular weight is 270 g/mol. The number of anilines is 1. The Labute approximate surface area is 112 Å². The van der Waals surface area contributed by atoms with Crippen molar-refractivity contribution in [3.05, 3.63) is 11.4 Å². The van der Waals surface area contributed by atoms with Crippen LogP contribution in [-0.4, -0.2) is 47.2 Å². The zero-order valence-electron chi connectivity index (χ0n) is 11.5. The Morgan fingerprint density at radius 2 is 2.26 bits per heavy atom. The molecule has 0 aliphatic rings. The van der Waals surface area contributed by atoms with E-state index in [0.717, 1.165) is 0 Å². The van der Waals surface area contributed by atoms with Crippen molar-refractivity contribution in [2.75, 3.05) is 32.1 Å². The lowest BCUT2D eigenvalue weighted by Gasteiger charge is -2.07. The van der Waals surface area contributed by atoms with Gasteiger partial charge in [-0.05, 0) is 20.3 Å². The van der Waals surface area contributed by atoms with Gasteiger partial charge < -0.3 is 20.9 Å². The molecule has 0 saturated heterocycles. The maximum atomic E-state index is 12.0. The Kier molecular flexibility index (Phi) is 6.31. The molecule has 0 saturated carbocycles. The second kappa shape index (κ2) is 7.75. The number of amides is 1. The normalized spacial score (nSPS) is 10.7. The molecule has 0 atom stereocenters. The van der Waals surface area contributed by atoms with Crippen LogP contribution in [0.2, 0.25) is 0 Å². The Morgan fingerprint density at radius 3 is 2.89 bits per heavy atom. The van der Waals surface area contributed by atoms with Crippen molar-refractivity contribution in [3.63, 3.8) is 0 Å². The molecule has 7 heteroatoms. The van der Waals surface area contributed by atoms with E-state index < -0.39 is 0 Å². The number of aliphatic hydroxyl groups is 1. The second-order valence-electron chi connectivity index (χ2n) is 4.11. The lowest BCUT2D eigenvalue weighted by atomic mass is 10.3. The number of hydrogen-bond donors (Lipinski definition) is 3. The summed E-state index contributed by atoms with van der Waals surface area (Å²) >= 11 is 0. The lowest BCUT2D eigenvalue weighted by Crippen LogP contribution is -2.28. The third-order valence-electron chi connectivity index (χ3n) is 2.67. The number of aliphatic hydroxyl groups excluding tert-OH is 1. The highest BCUT2D eigenvalue weighted by Crippen LogP contribution is 2.15. The smallest absolute Gasteiger partial charge is 0.271 e. The third-order valence-corrected chi connectivity index (χ3v) is 2.67. The molecule has 1 aromatic rings. The largest absolute Gasteiger partial charge is 0.395 e. The van der Waals surface area contributed by atoms with Crippen molar-refractivity contribution in [2.24, 2.45) is 0 Å². The molecule has 1 aromatic heterocycles. The van der Waals surface area contributed by atoms with Gasteiger partial charge in [0.25, 0.3) is 5.91 Å². The fourth-order valence-corrected chi connectivity index (χ4v) is 1.69. The Balaban J connectivity index is 2.45. The number of nitrogens with one attached hydrogen (secondary N) is 1. The SMILES string of the molecule is CCn1nc(C)c(N)c1C(=O)NCCCOCCO. The van der Waals surface area contributed by atoms with Crippen molar-refractivity contribution in [3.8, 4) is 0 Å². The minimum atomic E-state index is -0.220. The number of carbonyl (C=O) groups excluding carboxylic acids is 1. The van der Waals surface area contributed by atoms with Gasteiger partial charge in [-0.1, -0.05) is 0 Å². The van der Waals surface area contributed by atoms with Gasteiger partial charge in [-0.2, -0.15) is 5.10 Å². The third kappa shape index (κ3) is 4.22. The number of rotatable bonds is 8. The van der Waals surface area contributed by atoms with Crippen molar-refractivity contribution in [1.82, 2.24) is 15.1 Å². The predicted molar refractivity (Wildman–Crippen MR) is 71.9 cm³/mol. The van der Waals surface area contributed by atoms with Gasteiger partial charge >= 0.3 is 0 Å². The zero-order chi connectivity index (χ0) is 14.3. The minimum Gasteiger partial charge on any atom is -0.395 e. The summed E-state index contributed by atoms with van der Waals surface area (Å²) in [6, 6.07) is 0. The van der Waals surface area contributed by atoms with Gasteiger partial charge in [0.1, 0.15) is 5.69 Å². The average Bonchev–Trinajstić information content (AvgIpc) is 2.69. The number of carbonyl (C=O) groups is 1. The standard InChI is InChI=1S/C12H22N4O3/c1-3-16-11(10(13)9(2)15-16)12(18)14-5-4-7-19-8-6-17/h17H,3-8,13H2,1-2H3,(H,14,18). The first-order chi connectivity index (χ1) is 9.11. The fourth-order valence-electron chi connectivity index (χ4n) is 1.69. The summed E-state index contributed by atoms with van der Waals surface area (Å²) in [5, 5.41) is 15.5. The summed E-state index contributed by atoms with van der Waals surface area (Å²) in [5.41, 5.74) is 7.36. The molecular weight excluding hydrogens is 248 g/mol. The highest BCUT2D eigenvalue weighted by atomic mass is 16.5. The first-order valence-corrected chi connectivity index (χ1v) is 6.41. The Bertz CT molecular complexity index is 417. The Hall–Kier alpha value is -1.60. The molecule has 0 aromatic carbocycles. The number of nitrogens with two attached hydrogens (primary N) is 1. The van der Waals surface area contributed by atoms with E-state index in [2.05, 4.69) is 10.4 Å². The van der Waals surface area contributed by atoms with Crippen molar-refractivity contribution in [1.29, 1.82) is 0 Å². The number of hydrogen-bond acceptors (Lipinski definition) is 5. The van der Waals surface area contributed by atoms with Crippen molar-refractivity contribution in [2.45, 2.75) is 26.8 Å². The van der Waals surface area contributed by atoms with Gasteiger partial charge in [-0.15, -0.1) is 0 Å². The molecule has 0 aliphatic heterocycles. The van der Waals surface area contributed by atoms with Crippen molar-refractivity contribution >= 4 is 11.6 Å². The highest BCUT2D eigenvalue weighted by molar-refractivity contribution is 5.97. The first-order valence-electron chi connectivity index (χ1n) is 6.41. The molecule has 108 valence electrons. The molecule has 1 rings (SSSR count). The highest BCUT2D eigenvalue weighted by Gasteiger charge is 2.18. The maximum Gasteiger partial charge on any atom is 0.271 e. The van der Waals surface area contributed by atoms with Crippen LogP contribution in [0.25, 0.3) is 0 Å². The van der Waals surface area contributed by atoms with E-state index >= 15 is 0 Å². The molecule has 0 unspecified atom stereocenters. The second-order valence-corrected chi connectivity index (χ2v) is 4.11. The molecule has 4 N–H and O–H groups in total. The molecule has 0 spiro atoms. The molecule has 1 amide bonds. The van der Waals surface area contributed by atoms with Crippen molar-refractivity contribution < 1.29 is 14.6 Å². The van der Waals surface area contributed by atoms with Crippen LogP contribution < -0.4 is 11.1 Å². The van der Waals surface area contributed by atoms with E-state index in [1.807, 2.05) is 6.92 Å². The van der Waals surface area contributed by atoms with Gasteiger partial charge in [0.05, 0.1) is 24.6 Å². The van der Waals surface area contributed by atoms with E-state index in [9.17, 15) is 4.79 Å².